The molecule has 22 heteroatoms. The summed E-state index contributed by atoms with van der Waals surface area (Å²) in [5, 5.41) is 29.0. The molecule has 2 saturated carbocycles. The molecule has 79 heavy (non-hydrogen) atoms. The molecule has 0 unspecified atom stereocenters. The average Bonchev–Trinajstić information content (AvgIpc) is 3.54. The van der Waals surface area contributed by atoms with Gasteiger partial charge in [0.1, 0.15) is 42.1 Å². The van der Waals surface area contributed by atoms with E-state index in [-0.39, 0.29) is 47.1 Å². The Morgan fingerprint density at radius 2 is 1.46 bits per heavy atom. The van der Waals surface area contributed by atoms with Gasteiger partial charge in [-0.25, -0.2) is 9.59 Å². The summed E-state index contributed by atoms with van der Waals surface area (Å²) in [6, 6.07) is 15.1. The van der Waals surface area contributed by atoms with Crippen molar-refractivity contribution in [2.75, 3.05) is 6.61 Å². The van der Waals surface area contributed by atoms with Crippen LogP contribution in [0, 0.1) is 16.7 Å². The summed E-state index contributed by atoms with van der Waals surface area (Å²) in [6.45, 7) is 10.6. The minimum Gasteiger partial charge on any atom is -0.481 e. The van der Waals surface area contributed by atoms with Gasteiger partial charge in [0.25, 0.3) is 5.91 Å². The number of amides is 2. The van der Waals surface area contributed by atoms with Gasteiger partial charge in [-0.1, -0.05) is 76.2 Å². The first kappa shape index (κ1) is 58.8. The van der Waals surface area contributed by atoms with E-state index in [0.29, 0.717) is 0 Å². The standard InChI is InChI=1S/C57H65N3O19/c1-9-41(65)76-38-26-39-56(29-73-39,79-32(5)62)47-49(78-52(70)34-20-15-12-16-21-34)57(72)27-37(30(3)43(54(57,6)7)45(74-31(4)61)48(67)55(38,47)8)75-53(71)46(77-42(66)10-2)44(33-18-13-11-14-19-33)60-51(69)36(23-24-40(63)64)59-50(68)35-22-17-25-58-28-35/h11-22,25,28,36-39,44-47,49,72H,9-10,23-24,26-27,29H2,1-8H3,(H,59,68)(H,60,69)(H,63,64)/t36-,37+,38+,39-,44+,45-,46-,47+,49+,55-,56+,57-/m1/s1. The fourth-order valence-corrected chi connectivity index (χ4v) is 11.6. The Kier molecular flexibility index (Phi) is 17.6. The van der Waals surface area contributed by atoms with Crippen molar-refractivity contribution in [3.05, 3.63) is 113 Å². The maximum absolute atomic E-state index is 16.2. The van der Waals surface area contributed by atoms with Crippen LogP contribution in [0.1, 0.15) is 126 Å². The molecule has 22 nitrogen and oxygen atoms in total. The van der Waals surface area contributed by atoms with Crippen LogP contribution in [0.3, 0.4) is 0 Å². The van der Waals surface area contributed by atoms with Gasteiger partial charge in [-0.3, -0.25) is 43.3 Å². The number of benzene rings is 2. The molecule has 2 aromatic carbocycles. The van der Waals surface area contributed by atoms with Crippen LogP contribution < -0.4 is 10.6 Å². The molecule has 2 amide bonds. The van der Waals surface area contributed by atoms with Gasteiger partial charge in [0.15, 0.2) is 17.5 Å². The van der Waals surface area contributed by atoms with E-state index >= 15 is 9.59 Å². The van der Waals surface area contributed by atoms with Crippen LogP contribution >= 0.6 is 0 Å². The number of esters is 6. The van der Waals surface area contributed by atoms with Gasteiger partial charge in [0.2, 0.25) is 12.0 Å². The van der Waals surface area contributed by atoms with Crippen LogP contribution in [0.15, 0.2) is 96.3 Å². The van der Waals surface area contributed by atoms with E-state index in [1.165, 1.54) is 90.3 Å². The zero-order valence-electron chi connectivity index (χ0n) is 45.0. The Labute approximate surface area is 455 Å². The highest BCUT2D eigenvalue weighted by atomic mass is 16.6. The molecule has 3 aromatic rings. The number of hydrogen-bond donors (Lipinski definition) is 4. The van der Waals surface area contributed by atoms with Gasteiger partial charge in [-0.2, -0.15) is 0 Å². The average molecular weight is 1100 g/mol. The number of fused-ring (bicyclic) bond motifs is 5. The predicted octanol–water partition coefficient (Wildman–Crippen LogP) is 4.40. The van der Waals surface area contributed by atoms with Crippen molar-refractivity contribution in [1.82, 2.24) is 15.6 Å². The summed E-state index contributed by atoms with van der Waals surface area (Å²) in [6.07, 6.45) is -10.1. The second-order valence-corrected chi connectivity index (χ2v) is 20.9. The van der Waals surface area contributed by atoms with Crippen LogP contribution in [0.2, 0.25) is 0 Å². The summed E-state index contributed by atoms with van der Waals surface area (Å²) in [4.78, 5) is 143. The number of ketones is 1. The molecule has 4 N–H and O–H groups in total. The number of aliphatic hydroxyl groups is 1. The first-order chi connectivity index (χ1) is 37.3. The zero-order valence-corrected chi connectivity index (χ0v) is 45.0. The number of Topliss-reactive ketones (excluding diaryl/α,β-unsaturated/α-hetero) is 1. The SMILES string of the molecule is CCC(=O)O[C@H]1C[C@H]2OC[C@@]2(OC(C)=O)[C@H]2[C@H](OC(=O)c3ccccc3)[C@]3(O)C[C@H](OC(=O)[C@H](OC(=O)CC)[C@@H](NC(=O)[C@@H](CCC(=O)O)NC(=O)c4cccnc4)c4ccccc4)C(C)=C([C@@H](OC(C)=O)C(=O)[C@]12C)C3(C)C. The van der Waals surface area contributed by atoms with Crippen molar-refractivity contribution < 1.29 is 91.3 Å². The summed E-state index contributed by atoms with van der Waals surface area (Å²) in [5.41, 5.74) is -8.33. The van der Waals surface area contributed by atoms with Crippen molar-refractivity contribution in [2.24, 2.45) is 16.7 Å². The van der Waals surface area contributed by atoms with Crippen LogP contribution in [0.25, 0.3) is 0 Å². The number of ether oxygens (including phenoxy) is 7. The Morgan fingerprint density at radius 3 is 2.03 bits per heavy atom. The third-order valence-corrected chi connectivity index (χ3v) is 15.7. The molecule has 422 valence electrons. The number of carboxylic acid groups (broad SMARTS) is 1. The number of rotatable bonds is 19. The molecule has 0 spiro atoms. The van der Waals surface area contributed by atoms with E-state index in [9.17, 15) is 48.6 Å². The molecule has 3 aliphatic carbocycles. The van der Waals surface area contributed by atoms with Crippen LogP contribution in [-0.4, -0.2) is 135 Å². The molecule has 0 radical (unpaired) electrons. The zero-order chi connectivity index (χ0) is 57.8. The number of pyridine rings is 1. The number of aromatic nitrogens is 1. The molecule has 2 bridgehead atoms. The van der Waals surface area contributed by atoms with Gasteiger partial charge in [0, 0.05) is 63.8 Å². The molecule has 12 atom stereocenters. The van der Waals surface area contributed by atoms with E-state index < -0.39 is 162 Å². The number of nitrogens with one attached hydrogen (secondary N) is 2. The van der Waals surface area contributed by atoms with Crippen LogP contribution in [0.5, 0.6) is 0 Å². The van der Waals surface area contributed by atoms with Gasteiger partial charge in [-0.05, 0) is 61.2 Å². The first-order valence-electron chi connectivity index (χ1n) is 25.9. The van der Waals surface area contributed by atoms with Gasteiger partial charge < -0.3 is 54.0 Å². The molecule has 4 aliphatic rings. The highest BCUT2D eigenvalue weighted by Crippen LogP contribution is 2.65. The van der Waals surface area contributed by atoms with E-state index in [1.54, 1.807) is 36.4 Å². The lowest BCUT2D eigenvalue weighted by Crippen LogP contribution is -2.82. The molecule has 2 heterocycles. The molecule has 7 rings (SSSR count). The van der Waals surface area contributed by atoms with Gasteiger partial charge in [-0.15, -0.1) is 0 Å². The van der Waals surface area contributed by atoms with Gasteiger partial charge >= 0.3 is 41.8 Å². The Hall–Kier alpha value is -7.85. The number of hydrogen-bond acceptors (Lipinski definition) is 19. The highest BCUT2D eigenvalue weighted by molar-refractivity contribution is 5.98. The second-order valence-electron chi connectivity index (χ2n) is 20.9. The van der Waals surface area contributed by atoms with E-state index in [1.807, 2.05) is 0 Å². The minimum absolute atomic E-state index is 0.00773. The second kappa shape index (κ2) is 23.6. The molecule has 3 fully saturated rings. The number of nitrogens with zero attached hydrogens (tertiary/aromatic N) is 1. The molecule has 1 saturated heterocycles. The lowest BCUT2D eigenvalue weighted by molar-refractivity contribution is -0.346. The maximum Gasteiger partial charge on any atom is 0.350 e. The largest absolute Gasteiger partial charge is 0.481 e. The molecular formula is C57H65N3O19. The van der Waals surface area contributed by atoms with Crippen LogP contribution in [0.4, 0.5) is 0 Å². The lowest BCUT2D eigenvalue weighted by Gasteiger charge is -2.67. The summed E-state index contributed by atoms with van der Waals surface area (Å²) in [5.74, 6) is -11.6. The summed E-state index contributed by atoms with van der Waals surface area (Å²) in [7, 11) is 0. The number of carboxylic acids is 1. The molecule has 1 aliphatic heterocycles. The van der Waals surface area contributed by atoms with Crippen molar-refractivity contribution >= 4 is 59.4 Å². The monoisotopic (exact) mass is 1100 g/mol. The Morgan fingerprint density at radius 1 is 0.810 bits per heavy atom. The fourth-order valence-electron chi connectivity index (χ4n) is 11.6. The van der Waals surface area contributed by atoms with Crippen molar-refractivity contribution in [3.8, 4) is 0 Å². The van der Waals surface area contributed by atoms with Crippen LogP contribution in [-0.2, 0) is 71.5 Å². The fraction of sp³-hybridized carbons (Fsp3) is 0.491. The normalized spacial score (nSPS) is 27.6. The third-order valence-electron chi connectivity index (χ3n) is 15.7. The predicted molar refractivity (Wildman–Crippen MR) is 273 cm³/mol. The van der Waals surface area contributed by atoms with Gasteiger partial charge in [0.05, 0.1) is 29.1 Å². The van der Waals surface area contributed by atoms with E-state index in [2.05, 4.69) is 15.6 Å². The lowest BCUT2D eigenvalue weighted by atomic mass is 9.44. The molecular weight excluding hydrogens is 1030 g/mol. The van der Waals surface area contributed by atoms with Crippen molar-refractivity contribution in [3.63, 3.8) is 0 Å². The minimum atomic E-state index is -2.57. The smallest absolute Gasteiger partial charge is 0.350 e. The van der Waals surface area contributed by atoms with Crippen molar-refractivity contribution in [1.29, 1.82) is 0 Å². The summed E-state index contributed by atoms with van der Waals surface area (Å²) < 4.78 is 43.0. The Bertz CT molecular complexity index is 2900. The first-order valence-corrected chi connectivity index (χ1v) is 25.9. The maximum atomic E-state index is 16.2. The number of aliphatic carboxylic acids is 1. The Balaban J connectivity index is 1.41. The quantitative estimate of drug-likeness (QED) is 0.0734. The number of carbonyl (C=O) groups excluding carboxylic acids is 9. The van der Waals surface area contributed by atoms with Crippen molar-refractivity contribution in [2.45, 2.75) is 154 Å². The third kappa shape index (κ3) is 11.5. The van der Waals surface area contributed by atoms with E-state index in [0.717, 1.165) is 13.8 Å². The molecule has 1 aromatic heterocycles. The topological polar surface area (TPSA) is 313 Å². The van der Waals surface area contributed by atoms with E-state index in [4.69, 9.17) is 33.2 Å². The number of carbonyl (C=O) groups is 10. The summed E-state index contributed by atoms with van der Waals surface area (Å²) >= 11 is 0. The highest BCUT2D eigenvalue weighted by Gasteiger charge is 2.79.